The molecule has 5 rings (SSSR count). The lowest BCUT2D eigenvalue weighted by molar-refractivity contribution is -0.158. The summed E-state index contributed by atoms with van der Waals surface area (Å²) in [6.45, 7) is 2.51. The first-order valence-electron chi connectivity index (χ1n) is 12.1. The second-order valence-corrected chi connectivity index (χ2v) is 9.77. The third-order valence-electron chi connectivity index (χ3n) is 7.65. The number of benzene rings is 2. The molecule has 188 valence electrons. The molecule has 36 heavy (non-hydrogen) atoms. The van der Waals surface area contributed by atoms with Crippen molar-refractivity contribution in [2.75, 3.05) is 18.0 Å². The number of rotatable bonds is 7. The van der Waals surface area contributed by atoms with E-state index in [9.17, 15) is 29.7 Å². The minimum Gasteiger partial charge on any atom is -0.494 e. The largest absolute Gasteiger partial charge is 0.494 e. The van der Waals surface area contributed by atoms with Crippen LogP contribution in [0.4, 0.5) is 5.82 Å². The third-order valence-corrected chi connectivity index (χ3v) is 7.65. The van der Waals surface area contributed by atoms with E-state index in [-0.39, 0.29) is 29.9 Å². The van der Waals surface area contributed by atoms with Gasteiger partial charge >= 0.3 is 11.9 Å². The molecule has 3 N–H and O–H groups in total. The Balaban J connectivity index is 1.53. The molecule has 3 aromatic rings. The van der Waals surface area contributed by atoms with E-state index in [1.807, 2.05) is 28.8 Å². The molecule has 1 fully saturated rings. The summed E-state index contributed by atoms with van der Waals surface area (Å²) >= 11 is 0. The molecule has 1 aromatic heterocycles. The summed E-state index contributed by atoms with van der Waals surface area (Å²) in [5, 5.41) is 32.1. The van der Waals surface area contributed by atoms with E-state index in [0.717, 1.165) is 29.6 Å². The molecule has 1 aliphatic heterocycles. The van der Waals surface area contributed by atoms with E-state index in [2.05, 4.69) is 4.90 Å². The number of carboxylic acid groups (broad SMARTS) is 2. The van der Waals surface area contributed by atoms with Crippen LogP contribution < -0.4 is 4.90 Å². The van der Waals surface area contributed by atoms with E-state index in [1.54, 1.807) is 24.3 Å². The van der Waals surface area contributed by atoms with Crippen LogP contribution in [0.15, 0.2) is 48.5 Å². The average molecular weight is 492 g/mol. The van der Waals surface area contributed by atoms with Gasteiger partial charge in [0.25, 0.3) is 0 Å². The summed E-state index contributed by atoms with van der Waals surface area (Å²) in [7, 11) is 0. The van der Waals surface area contributed by atoms with Crippen molar-refractivity contribution in [3.05, 3.63) is 59.7 Å². The van der Waals surface area contributed by atoms with Crippen LogP contribution >= 0.6 is 0 Å². The van der Waals surface area contributed by atoms with Gasteiger partial charge < -0.3 is 25.1 Å². The molecule has 1 saturated carbocycles. The minimum absolute atomic E-state index is 0.0913. The fourth-order valence-corrected chi connectivity index (χ4v) is 5.95. The Morgan fingerprint density at radius 2 is 1.64 bits per heavy atom. The highest BCUT2D eigenvalue weighted by molar-refractivity contribution is 5.99. The molecule has 9 heteroatoms. The van der Waals surface area contributed by atoms with Crippen molar-refractivity contribution in [2.24, 2.45) is 0 Å². The zero-order valence-electron chi connectivity index (χ0n) is 20.1. The highest BCUT2D eigenvalue weighted by Gasteiger charge is 2.49. The monoisotopic (exact) mass is 491 g/mol. The van der Waals surface area contributed by atoms with E-state index in [0.29, 0.717) is 31.3 Å². The molecular weight excluding hydrogens is 462 g/mol. The standard InChI is InChI=1S/C27H29N3O6/c1-17(31)29(27(26(35)36)12-4-5-13-27)16-20-15-28(14-18-8-10-19(11-9-18)25(33)34)23-21-6-2-3-7-22(21)24(32)30(20)23/h2-3,6-11,20,32H,4-5,12-16H2,1H3,(H,33,34)(H,35,36)/t20-/m0/s1. The molecule has 9 nitrogen and oxygen atoms in total. The van der Waals surface area contributed by atoms with Crippen LogP contribution in [0.5, 0.6) is 5.88 Å². The highest BCUT2D eigenvalue weighted by Crippen LogP contribution is 2.46. The molecule has 2 aliphatic rings. The summed E-state index contributed by atoms with van der Waals surface area (Å²) in [5.74, 6) is -1.37. The Morgan fingerprint density at radius 1 is 1.00 bits per heavy atom. The number of carboxylic acids is 2. The Hall–Kier alpha value is -4.01. The van der Waals surface area contributed by atoms with Crippen molar-refractivity contribution in [3.8, 4) is 5.88 Å². The van der Waals surface area contributed by atoms with Crippen molar-refractivity contribution in [1.29, 1.82) is 0 Å². The van der Waals surface area contributed by atoms with Crippen molar-refractivity contribution in [3.63, 3.8) is 0 Å². The quantitative estimate of drug-likeness (QED) is 0.459. The van der Waals surface area contributed by atoms with Crippen LogP contribution in [0.2, 0.25) is 0 Å². The Morgan fingerprint density at radius 3 is 2.22 bits per heavy atom. The van der Waals surface area contributed by atoms with Gasteiger partial charge in [0.2, 0.25) is 11.8 Å². The molecule has 0 bridgehead atoms. The summed E-state index contributed by atoms with van der Waals surface area (Å²) in [4.78, 5) is 40.0. The summed E-state index contributed by atoms with van der Waals surface area (Å²) in [5.41, 5.74) is -0.121. The van der Waals surface area contributed by atoms with Crippen molar-refractivity contribution < 1.29 is 29.7 Å². The minimum atomic E-state index is -1.23. The van der Waals surface area contributed by atoms with Crippen LogP contribution in [-0.2, 0) is 16.1 Å². The summed E-state index contributed by atoms with van der Waals surface area (Å²) in [6, 6.07) is 13.8. The fraction of sp³-hybridized carbons (Fsp3) is 0.370. The number of aromatic nitrogens is 1. The normalized spacial score (nSPS) is 18.4. The molecule has 1 aliphatic carbocycles. The summed E-state index contributed by atoms with van der Waals surface area (Å²) < 4.78 is 1.82. The second kappa shape index (κ2) is 8.89. The van der Waals surface area contributed by atoms with E-state index >= 15 is 0 Å². The van der Waals surface area contributed by atoms with Crippen molar-refractivity contribution >= 4 is 34.4 Å². The number of nitrogens with zero attached hydrogens (tertiary/aromatic N) is 3. The maximum Gasteiger partial charge on any atom is 0.335 e. The number of aromatic hydroxyl groups is 1. The lowest BCUT2D eigenvalue weighted by atomic mass is 9.94. The predicted octanol–water partition coefficient (Wildman–Crippen LogP) is 3.85. The molecule has 1 atom stereocenters. The van der Waals surface area contributed by atoms with Crippen LogP contribution in [-0.4, -0.2) is 61.3 Å². The molecular formula is C27H29N3O6. The first-order valence-corrected chi connectivity index (χ1v) is 12.1. The second-order valence-electron chi connectivity index (χ2n) is 9.77. The first kappa shape index (κ1) is 23.7. The van der Waals surface area contributed by atoms with Crippen molar-refractivity contribution in [2.45, 2.75) is 50.7 Å². The van der Waals surface area contributed by atoms with Gasteiger partial charge in [0, 0.05) is 37.3 Å². The van der Waals surface area contributed by atoms with Gasteiger partial charge in [-0.2, -0.15) is 0 Å². The highest BCUT2D eigenvalue weighted by atomic mass is 16.4. The number of carbonyl (C=O) groups is 3. The lowest BCUT2D eigenvalue weighted by Crippen LogP contribution is -2.56. The van der Waals surface area contributed by atoms with E-state index < -0.39 is 17.5 Å². The predicted molar refractivity (Wildman–Crippen MR) is 133 cm³/mol. The molecule has 0 radical (unpaired) electrons. The molecule has 1 amide bonds. The number of hydrogen-bond donors (Lipinski definition) is 3. The molecule has 0 unspecified atom stereocenters. The number of carbonyl (C=O) groups excluding carboxylic acids is 1. The SMILES string of the molecule is CC(=O)N(C[C@@H]1CN(Cc2ccc(C(=O)O)cc2)c2c3ccccc3c(O)n21)C1(C(=O)O)CCCC1. The molecule has 2 heterocycles. The van der Waals surface area contributed by atoms with Crippen LogP contribution in [0.25, 0.3) is 10.8 Å². The maximum atomic E-state index is 12.8. The third kappa shape index (κ3) is 3.75. The fourth-order valence-electron chi connectivity index (χ4n) is 5.95. The number of fused-ring (bicyclic) bond motifs is 3. The molecule has 0 spiro atoms. The first-order chi connectivity index (χ1) is 17.2. The average Bonchev–Trinajstić information content (AvgIpc) is 3.55. The van der Waals surface area contributed by atoms with Crippen LogP contribution in [0.1, 0.15) is 54.6 Å². The van der Waals surface area contributed by atoms with Gasteiger partial charge in [-0.3, -0.25) is 9.36 Å². The molecule has 2 aromatic carbocycles. The zero-order chi connectivity index (χ0) is 25.6. The number of aliphatic carboxylic acids is 1. The van der Waals surface area contributed by atoms with Gasteiger partial charge in [-0.05, 0) is 36.6 Å². The zero-order valence-corrected chi connectivity index (χ0v) is 20.1. The van der Waals surface area contributed by atoms with Gasteiger partial charge in [-0.15, -0.1) is 0 Å². The Bertz CT molecular complexity index is 1340. The van der Waals surface area contributed by atoms with Gasteiger partial charge in [0.1, 0.15) is 11.4 Å². The number of hydrogen-bond acceptors (Lipinski definition) is 5. The number of aromatic carboxylic acids is 1. The van der Waals surface area contributed by atoms with Crippen LogP contribution in [0, 0.1) is 0 Å². The Labute approximate surface area is 208 Å². The van der Waals surface area contributed by atoms with Crippen molar-refractivity contribution in [1.82, 2.24) is 9.47 Å². The number of amides is 1. The van der Waals surface area contributed by atoms with Crippen LogP contribution in [0.3, 0.4) is 0 Å². The summed E-state index contributed by atoms with van der Waals surface area (Å²) in [6.07, 6.45) is 2.34. The maximum absolute atomic E-state index is 12.8. The topological polar surface area (TPSA) is 123 Å². The van der Waals surface area contributed by atoms with Gasteiger partial charge in [0.15, 0.2) is 0 Å². The lowest BCUT2D eigenvalue weighted by Gasteiger charge is -2.39. The molecule has 0 saturated heterocycles. The van der Waals surface area contributed by atoms with Gasteiger partial charge in [-0.1, -0.05) is 43.2 Å². The van der Waals surface area contributed by atoms with E-state index in [4.69, 9.17) is 0 Å². The van der Waals surface area contributed by atoms with E-state index in [1.165, 1.54) is 11.8 Å². The van der Waals surface area contributed by atoms with Gasteiger partial charge in [-0.25, -0.2) is 9.59 Å². The number of anilines is 1. The Kier molecular flexibility index (Phi) is 5.86. The van der Waals surface area contributed by atoms with Gasteiger partial charge in [0.05, 0.1) is 11.6 Å². The smallest absolute Gasteiger partial charge is 0.335 e.